The van der Waals surface area contributed by atoms with Crippen molar-refractivity contribution >= 4 is 28.6 Å². The maximum absolute atomic E-state index is 14.6. The molecule has 3 aromatic heterocycles. The third-order valence-electron chi connectivity index (χ3n) is 4.07. The van der Waals surface area contributed by atoms with Crippen LogP contribution in [-0.2, 0) is 4.74 Å². The monoisotopic (exact) mass is 450 g/mol. The minimum Gasteiger partial charge on any atom is -0.442 e. The molecule has 4 aromatic rings. The summed E-state index contributed by atoms with van der Waals surface area (Å²) in [5, 5.41) is 3.90. The molecular weight excluding hydrogens is 435 g/mol. The fraction of sp³-hybridized carbons (Fsp3) is 0.182. The highest BCUT2D eigenvalue weighted by Gasteiger charge is 2.23. The van der Waals surface area contributed by atoms with E-state index in [-0.39, 0.29) is 16.2 Å². The Hall–Kier alpha value is -3.90. The number of benzene rings is 1. The van der Waals surface area contributed by atoms with Gasteiger partial charge in [-0.1, -0.05) is 12.0 Å². The van der Waals surface area contributed by atoms with Gasteiger partial charge < -0.3 is 4.74 Å². The normalized spacial score (nSPS) is 11.2. The molecule has 0 aliphatic rings. The van der Waals surface area contributed by atoms with Gasteiger partial charge in [0.25, 0.3) is 0 Å². The van der Waals surface area contributed by atoms with E-state index in [0.717, 1.165) is 4.68 Å². The predicted molar refractivity (Wildman–Crippen MR) is 115 cm³/mol. The standard InChI is InChI=1S/C22H16ClFN6O2/c1-22(2,3)32-21(31)30-16-6-4-5-13(17(16)18(24)29-30)7-8-14-9-11-25-19(27-14)15-10-12-26-20(23)28-15/h4-6,9-12H,1-3H3. The number of halogens is 2. The van der Waals surface area contributed by atoms with Crippen LogP contribution >= 0.6 is 11.6 Å². The van der Waals surface area contributed by atoms with E-state index < -0.39 is 17.6 Å². The second-order valence-corrected chi connectivity index (χ2v) is 7.95. The Morgan fingerprint density at radius 3 is 2.62 bits per heavy atom. The fourth-order valence-corrected chi connectivity index (χ4v) is 2.96. The number of rotatable bonds is 1. The maximum Gasteiger partial charge on any atom is 0.435 e. The number of aromatic nitrogens is 6. The van der Waals surface area contributed by atoms with E-state index in [1.54, 1.807) is 51.1 Å². The number of hydrogen-bond donors (Lipinski definition) is 0. The fourth-order valence-electron chi connectivity index (χ4n) is 2.82. The van der Waals surface area contributed by atoms with Crippen molar-refractivity contribution in [3.63, 3.8) is 0 Å². The first-order valence-electron chi connectivity index (χ1n) is 9.46. The van der Waals surface area contributed by atoms with Crippen LogP contribution in [0.4, 0.5) is 9.18 Å². The van der Waals surface area contributed by atoms with E-state index in [1.165, 1.54) is 12.4 Å². The predicted octanol–water partition coefficient (Wildman–Crippen LogP) is 4.26. The molecule has 0 bridgehead atoms. The highest BCUT2D eigenvalue weighted by molar-refractivity contribution is 6.28. The first-order chi connectivity index (χ1) is 15.2. The Kier molecular flexibility index (Phi) is 5.55. The molecule has 32 heavy (non-hydrogen) atoms. The maximum atomic E-state index is 14.6. The summed E-state index contributed by atoms with van der Waals surface area (Å²) in [6, 6.07) is 8.09. The van der Waals surface area contributed by atoms with Crippen molar-refractivity contribution in [1.82, 2.24) is 29.7 Å². The molecule has 0 unspecified atom stereocenters. The zero-order valence-electron chi connectivity index (χ0n) is 17.3. The number of ether oxygens (including phenoxy) is 1. The molecule has 0 radical (unpaired) electrons. The van der Waals surface area contributed by atoms with Gasteiger partial charge in [0.15, 0.2) is 5.82 Å². The van der Waals surface area contributed by atoms with Crippen LogP contribution in [0.15, 0.2) is 42.7 Å². The van der Waals surface area contributed by atoms with Crippen molar-refractivity contribution in [1.29, 1.82) is 0 Å². The zero-order chi connectivity index (χ0) is 22.9. The summed E-state index contributed by atoms with van der Waals surface area (Å²) in [4.78, 5) is 28.8. The Labute approximate surface area is 187 Å². The van der Waals surface area contributed by atoms with Gasteiger partial charge in [0.2, 0.25) is 11.2 Å². The van der Waals surface area contributed by atoms with E-state index in [9.17, 15) is 9.18 Å². The lowest BCUT2D eigenvalue weighted by molar-refractivity contribution is 0.0519. The minimum absolute atomic E-state index is 0.0757. The summed E-state index contributed by atoms with van der Waals surface area (Å²) in [5.41, 5.74) is 0.687. The number of nitrogens with zero attached hydrogens (tertiary/aromatic N) is 6. The summed E-state index contributed by atoms with van der Waals surface area (Å²) >= 11 is 5.82. The summed E-state index contributed by atoms with van der Waals surface area (Å²) in [7, 11) is 0. The molecular formula is C22H16ClFN6O2. The summed E-state index contributed by atoms with van der Waals surface area (Å²) in [5.74, 6) is 5.27. The topological polar surface area (TPSA) is 95.7 Å². The lowest BCUT2D eigenvalue weighted by Gasteiger charge is -2.19. The van der Waals surface area contributed by atoms with Gasteiger partial charge in [-0.25, -0.2) is 24.7 Å². The van der Waals surface area contributed by atoms with Gasteiger partial charge in [-0.2, -0.15) is 9.07 Å². The Morgan fingerprint density at radius 1 is 1.09 bits per heavy atom. The number of hydrogen-bond acceptors (Lipinski definition) is 7. The molecule has 0 amide bonds. The molecule has 0 atom stereocenters. The summed E-state index contributed by atoms with van der Waals surface area (Å²) in [6.45, 7) is 5.15. The Morgan fingerprint density at radius 2 is 1.88 bits per heavy atom. The quantitative estimate of drug-likeness (QED) is 0.316. The molecule has 0 N–H and O–H groups in total. The smallest absolute Gasteiger partial charge is 0.435 e. The minimum atomic E-state index is -0.824. The van der Waals surface area contributed by atoms with Crippen LogP contribution in [-0.4, -0.2) is 41.4 Å². The van der Waals surface area contributed by atoms with Crippen molar-refractivity contribution in [2.75, 3.05) is 0 Å². The third kappa shape index (κ3) is 4.55. The number of fused-ring (bicyclic) bond motifs is 1. The molecule has 0 spiro atoms. The second-order valence-electron chi connectivity index (χ2n) is 7.61. The van der Waals surface area contributed by atoms with Gasteiger partial charge in [-0.05, 0) is 62.6 Å². The lowest BCUT2D eigenvalue weighted by atomic mass is 10.1. The van der Waals surface area contributed by atoms with Gasteiger partial charge in [0.05, 0.1) is 10.9 Å². The molecule has 160 valence electrons. The van der Waals surface area contributed by atoms with E-state index in [4.69, 9.17) is 16.3 Å². The molecule has 4 rings (SSSR count). The first-order valence-corrected chi connectivity index (χ1v) is 9.84. The summed E-state index contributed by atoms with van der Waals surface area (Å²) < 4.78 is 20.8. The average molecular weight is 451 g/mol. The van der Waals surface area contributed by atoms with Crippen LogP contribution in [0.2, 0.25) is 5.28 Å². The van der Waals surface area contributed by atoms with Crippen molar-refractivity contribution in [2.24, 2.45) is 0 Å². The SMILES string of the molecule is CC(C)(C)OC(=O)n1nc(F)c2c(C#Cc3ccnc(-c4ccnc(Cl)n4)n3)cccc21. The van der Waals surface area contributed by atoms with Crippen LogP contribution < -0.4 is 0 Å². The van der Waals surface area contributed by atoms with Crippen LogP contribution in [0.5, 0.6) is 0 Å². The molecule has 0 aliphatic heterocycles. The molecule has 10 heteroatoms. The Bertz CT molecular complexity index is 1400. The van der Waals surface area contributed by atoms with Gasteiger partial charge >= 0.3 is 6.09 Å². The van der Waals surface area contributed by atoms with Crippen molar-refractivity contribution < 1.29 is 13.9 Å². The highest BCUT2D eigenvalue weighted by atomic mass is 35.5. The van der Waals surface area contributed by atoms with Crippen molar-refractivity contribution in [3.05, 3.63) is 65.2 Å². The molecule has 3 heterocycles. The van der Waals surface area contributed by atoms with Crippen LogP contribution in [0.1, 0.15) is 32.0 Å². The first kappa shape index (κ1) is 21.3. The van der Waals surface area contributed by atoms with Gasteiger partial charge in [-0.3, -0.25) is 0 Å². The largest absolute Gasteiger partial charge is 0.442 e. The van der Waals surface area contributed by atoms with E-state index in [1.807, 2.05) is 0 Å². The summed E-state index contributed by atoms with van der Waals surface area (Å²) in [6.07, 6.45) is 2.25. The van der Waals surface area contributed by atoms with Crippen LogP contribution in [0.3, 0.4) is 0 Å². The Balaban J connectivity index is 1.71. The third-order valence-corrected chi connectivity index (χ3v) is 4.25. The van der Waals surface area contributed by atoms with E-state index in [2.05, 4.69) is 36.9 Å². The van der Waals surface area contributed by atoms with E-state index in [0.29, 0.717) is 22.8 Å². The average Bonchev–Trinajstić information content (AvgIpc) is 3.09. The van der Waals surface area contributed by atoms with Crippen molar-refractivity contribution in [3.8, 4) is 23.4 Å². The molecule has 1 aromatic carbocycles. The molecule has 0 saturated carbocycles. The highest BCUT2D eigenvalue weighted by Crippen LogP contribution is 2.23. The van der Waals surface area contributed by atoms with Gasteiger partial charge in [-0.15, -0.1) is 5.10 Å². The van der Waals surface area contributed by atoms with Crippen molar-refractivity contribution in [2.45, 2.75) is 26.4 Å². The van der Waals surface area contributed by atoms with Crippen LogP contribution in [0.25, 0.3) is 22.4 Å². The zero-order valence-corrected chi connectivity index (χ0v) is 18.1. The lowest BCUT2D eigenvalue weighted by Crippen LogP contribution is -2.27. The second kappa shape index (κ2) is 8.32. The number of carbonyl (C=O) groups excluding carboxylic acids is 1. The molecule has 0 aliphatic carbocycles. The number of carbonyl (C=O) groups is 1. The molecule has 8 nitrogen and oxygen atoms in total. The van der Waals surface area contributed by atoms with Gasteiger partial charge in [0, 0.05) is 18.0 Å². The molecule has 0 saturated heterocycles. The van der Waals surface area contributed by atoms with E-state index >= 15 is 0 Å². The van der Waals surface area contributed by atoms with Gasteiger partial charge in [0.1, 0.15) is 17.0 Å². The molecule has 0 fully saturated rings. The van der Waals surface area contributed by atoms with Crippen LogP contribution in [0, 0.1) is 17.8 Å².